The molecule has 0 saturated heterocycles. The van der Waals surface area contributed by atoms with Crippen molar-refractivity contribution in [2.24, 2.45) is 0 Å². The Balaban J connectivity index is 0.000000134. The van der Waals surface area contributed by atoms with Crippen molar-refractivity contribution in [1.29, 1.82) is 0 Å². The van der Waals surface area contributed by atoms with Gasteiger partial charge in [0.05, 0.1) is 12.7 Å². The van der Waals surface area contributed by atoms with Crippen molar-refractivity contribution in [3.8, 4) is 11.5 Å². The highest BCUT2D eigenvalue weighted by Gasteiger charge is 2.05. The van der Waals surface area contributed by atoms with Crippen LogP contribution in [0.2, 0.25) is 0 Å². The standard InChI is InChI=1S/C8H8O2.C6H4O/c1-10-8(9)7-5-3-2-4-6-7;1-2-5-4-6(3-1)7-5/h2-6H,1H3;1-4H. The summed E-state index contributed by atoms with van der Waals surface area (Å²) in [7, 11) is 1.37. The molecule has 2 heterocycles. The number of carbonyl (C=O) groups is 1. The van der Waals surface area contributed by atoms with Gasteiger partial charge in [0.15, 0.2) is 0 Å². The zero-order valence-electron chi connectivity index (χ0n) is 9.42. The zero-order chi connectivity index (χ0) is 12.1. The molecule has 0 atom stereocenters. The lowest BCUT2D eigenvalue weighted by atomic mass is 10.2. The van der Waals surface area contributed by atoms with E-state index in [9.17, 15) is 4.79 Å². The molecule has 0 aromatic heterocycles. The molecule has 0 radical (unpaired) electrons. The topological polar surface area (TPSA) is 35.5 Å². The van der Waals surface area contributed by atoms with Crippen LogP contribution in [0.1, 0.15) is 10.4 Å². The van der Waals surface area contributed by atoms with E-state index in [4.69, 9.17) is 4.74 Å². The van der Waals surface area contributed by atoms with Crippen LogP contribution in [0.3, 0.4) is 0 Å². The Hall–Kier alpha value is -2.29. The molecule has 4 rings (SSSR count). The molecule has 0 fully saturated rings. The Kier molecular flexibility index (Phi) is 3.40. The van der Waals surface area contributed by atoms with E-state index >= 15 is 0 Å². The fourth-order valence-corrected chi connectivity index (χ4v) is 1.37. The predicted octanol–water partition coefficient (Wildman–Crippen LogP) is 3.27. The lowest BCUT2D eigenvalue weighted by molar-refractivity contribution is 0.0600. The van der Waals surface area contributed by atoms with E-state index in [0.29, 0.717) is 5.56 Å². The van der Waals surface area contributed by atoms with Gasteiger partial charge in [-0.15, -0.1) is 0 Å². The summed E-state index contributed by atoms with van der Waals surface area (Å²) in [5, 5.41) is 0. The minimum absolute atomic E-state index is 0.291. The maximum absolute atomic E-state index is 10.8. The highest BCUT2D eigenvalue weighted by Crippen LogP contribution is 2.32. The van der Waals surface area contributed by atoms with Gasteiger partial charge in [-0.25, -0.2) is 4.79 Å². The minimum atomic E-state index is -0.291. The highest BCUT2D eigenvalue weighted by molar-refractivity contribution is 5.89. The Morgan fingerprint density at radius 2 is 1.59 bits per heavy atom. The van der Waals surface area contributed by atoms with Crippen molar-refractivity contribution in [3.63, 3.8) is 0 Å². The summed E-state index contributed by atoms with van der Waals surface area (Å²) < 4.78 is 9.51. The molecule has 0 amide bonds. The molecule has 2 aliphatic heterocycles. The number of hydrogen-bond donors (Lipinski definition) is 0. The van der Waals surface area contributed by atoms with Gasteiger partial charge in [0, 0.05) is 6.07 Å². The molecule has 17 heavy (non-hydrogen) atoms. The fourth-order valence-electron chi connectivity index (χ4n) is 1.37. The van der Waals surface area contributed by atoms with Crippen molar-refractivity contribution in [1.82, 2.24) is 0 Å². The van der Waals surface area contributed by atoms with Gasteiger partial charge in [-0.2, -0.15) is 0 Å². The molecule has 0 spiro atoms. The molecule has 2 aromatic carbocycles. The van der Waals surface area contributed by atoms with Crippen LogP contribution in [0, 0.1) is 0 Å². The maximum Gasteiger partial charge on any atom is 0.337 e. The fraction of sp³-hybridized carbons (Fsp3) is 0.0714. The Morgan fingerprint density at radius 3 is 1.94 bits per heavy atom. The molecular weight excluding hydrogens is 216 g/mol. The summed E-state index contributed by atoms with van der Waals surface area (Å²) in [5.74, 6) is 1.68. The number of esters is 1. The lowest BCUT2D eigenvalue weighted by Gasteiger charge is -2.13. The molecule has 2 aromatic rings. The van der Waals surface area contributed by atoms with E-state index in [1.807, 2.05) is 30.3 Å². The Bertz CT molecular complexity index is 481. The van der Waals surface area contributed by atoms with E-state index in [1.165, 1.54) is 7.11 Å². The number of fused-ring (bicyclic) bond motifs is 2. The van der Waals surface area contributed by atoms with Crippen LogP contribution in [0.25, 0.3) is 0 Å². The van der Waals surface area contributed by atoms with Crippen LogP contribution in [0.4, 0.5) is 0 Å². The van der Waals surface area contributed by atoms with E-state index in [0.717, 1.165) is 11.5 Å². The Labute approximate surface area is 99.6 Å². The average molecular weight is 228 g/mol. The molecule has 0 saturated carbocycles. The quantitative estimate of drug-likeness (QED) is 0.600. The van der Waals surface area contributed by atoms with Crippen LogP contribution < -0.4 is 4.74 Å². The summed E-state index contributed by atoms with van der Waals surface area (Å²) in [6.07, 6.45) is 0. The zero-order valence-corrected chi connectivity index (χ0v) is 9.42. The summed E-state index contributed by atoms with van der Waals surface area (Å²) in [6.45, 7) is 0. The second-order valence-electron chi connectivity index (χ2n) is 3.43. The lowest BCUT2D eigenvalue weighted by Crippen LogP contribution is -1.99. The van der Waals surface area contributed by atoms with Crippen LogP contribution in [-0.2, 0) is 4.74 Å². The van der Waals surface area contributed by atoms with Crippen molar-refractivity contribution >= 4 is 5.97 Å². The third kappa shape index (κ3) is 2.84. The predicted molar refractivity (Wildman–Crippen MR) is 64.3 cm³/mol. The molecule has 2 bridgehead atoms. The molecular formula is C14H12O3. The van der Waals surface area contributed by atoms with E-state index in [2.05, 4.69) is 4.74 Å². The van der Waals surface area contributed by atoms with Gasteiger partial charge in [0.25, 0.3) is 0 Å². The number of benzene rings is 2. The third-order valence-corrected chi connectivity index (χ3v) is 2.24. The largest absolute Gasteiger partial charge is 0.465 e. The summed E-state index contributed by atoms with van der Waals surface area (Å²) >= 11 is 0. The van der Waals surface area contributed by atoms with E-state index in [-0.39, 0.29) is 5.97 Å². The maximum atomic E-state index is 10.8. The van der Waals surface area contributed by atoms with Crippen LogP contribution >= 0.6 is 0 Å². The molecule has 0 unspecified atom stereocenters. The number of carbonyl (C=O) groups excluding carboxylic acids is 1. The first-order valence-corrected chi connectivity index (χ1v) is 5.21. The van der Waals surface area contributed by atoms with Gasteiger partial charge in [-0.3, -0.25) is 0 Å². The number of hydrogen-bond acceptors (Lipinski definition) is 3. The number of methoxy groups -OCH3 is 1. The second-order valence-corrected chi connectivity index (χ2v) is 3.43. The van der Waals surface area contributed by atoms with E-state index in [1.54, 1.807) is 24.3 Å². The molecule has 2 aliphatic rings. The molecule has 86 valence electrons. The highest BCUT2D eigenvalue weighted by atomic mass is 16.5. The Morgan fingerprint density at radius 1 is 1.00 bits per heavy atom. The summed E-state index contributed by atoms with van der Waals surface area (Å²) in [5.41, 5.74) is 0.588. The first-order valence-electron chi connectivity index (χ1n) is 5.21. The first kappa shape index (κ1) is 11.2. The molecule has 0 aliphatic carbocycles. The minimum Gasteiger partial charge on any atom is -0.465 e. The van der Waals surface area contributed by atoms with Crippen LogP contribution in [0.15, 0.2) is 54.6 Å². The van der Waals surface area contributed by atoms with Crippen LogP contribution in [-0.4, -0.2) is 13.1 Å². The van der Waals surface area contributed by atoms with Gasteiger partial charge in [0.1, 0.15) is 11.5 Å². The second kappa shape index (κ2) is 5.16. The van der Waals surface area contributed by atoms with Gasteiger partial charge < -0.3 is 9.47 Å². The SMILES string of the molecule is COC(=O)c1ccccc1.c1cc2cc(c1)O2. The van der Waals surface area contributed by atoms with Gasteiger partial charge in [-0.1, -0.05) is 24.3 Å². The van der Waals surface area contributed by atoms with Crippen molar-refractivity contribution in [3.05, 3.63) is 60.2 Å². The smallest absolute Gasteiger partial charge is 0.337 e. The summed E-state index contributed by atoms with van der Waals surface area (Å²) in [6, 6.07) is 16.7. The monoisotopic (exact) mass is 228 g/mol. The average Bonchev–Trinajstić information content (AvgIpc) is 2.40. The third-order valence-electron chi connectivity index (χ3n) is 2.24. The van der Waals surface area contributed by atoms with Gasteiger partial charge in [0.2, 0.25) is 0 Å². The molecule has 3 heteroatoms. The van der Waals surface area contributed by atoms with Crippen molar-refractivity contribution < 1.29 is 14.3 Å². The van der Waals surface area contributed by atoms with Crippen molar-refractivity contribution in [2.45, 2.75) is 0 Å². The number of rotatable bonds is 1. The number of ether oxygens (including phenoxy) is 2. The van der Waals surface area contributed by atoms with Crippen LogP contribution in [0.5, 0.6) is 11.5 Å². The normalized spacial score (nSPS) is 10.2. The van der Waals surface area contributed by atoms with E-state index < -0.39 is 0 Å². The molecule has 0 N–H and O–H groups in total. The molecule has 3 nitrogen and oxygen atoms in total. The van der Waals surface area contributed by atoms with Gasteiger partial charge >= 0.3 is 5.97 Å². The first-order chi connectivity index (χ1) is 8.29. The van der Waals surface area contributed by atoms with Gasteiger partial charge in [-0.05, 0) is 24.3 Å². The summed E-state index contributed by atoms with van der Waals surface area (Å²) in [4.78, 5) is 10.8. The van der Waals surface area contributed by atoms with Crippen molar-refractivity contribution in [2.75, 3.05) is 7.11 Å².